The van der Waals surface area contributed by atoms with Crippen LogP contribution in [0.5, 0.6) is 0 Å². The number of aliphatic hydroxyl groups is 3. The zero-order valence-corrected chi connectivity index (χ0v) is 25.1. The smallest absolute Gasteiger partial charge is 0.305 e. The zero-order chi connectivity index (χ0) is 32.0. The Balaban J connectivity index is 1.87. The van der Waals surface area contributed by atoms with Crippen LogP contribution in [0.3, 0.4) is 0 Å². The van der Waals surface area contributed by atoms with Crippen LogP contribution in [-0.4, -0.2) is 49.1 Å². The van der Waals surface area contributed by atoms with Crippen molar-refractivity contribution in [2.24, 2.45) is 0 Å². The molecule has 0 radical (unpaired) electrons. The summed E-state index contributed by atoms with van der Waals surface area (Å²) in [4.78, 5) is 25.2. The Morgan fingerprint density at radius 1 is 0.841 bits per heavy atom. The topological polar surface area (TPSA) is 132 Å². The van der Waals surface area contributed by atoms with Gasteiger partial charge in [-0.15, -0.1) is 0 Å². The number of aliphatic hydroxyl groups excluding tert-OH is 3. The second-order valence-corrected chi connectivity index (χ2v) is 11.3. The number of rotatable bonds is 13. The first kappa shape index (κ1) is 32.6. The first-order chi connectivity index (χ1) is 21.0. The second-order valence-electron chi connectivity index (χ2n) is 11.3. The lowest BCUT2D eigenvalue weighted by atomic mass is 9.94. The largest absolute Gasteiger partial charge is 0.481 e. The third-order valence-electron chi connectivity index (χ3n) is 7.55. The third-order valence-corrected chi connectivity index (χ3v) is 7.55. The molecule has 4 aromatic rings. The lowest BCUT2D eigenvalue weighted by molar-refractivity contribution is -0.139. The van der Waals surface area contributed by atoms with Crippen molar-refractivity contribution in [3.63, 3.8) is 0 Å². The lowest BCUT2D eigenvalue weighted by Gasteiger charge is -2.20. The van der Waals surface area contributed by atoms with Crippen LogP contribution in [0, 0.1) is 5.82 Å². The van der Waals surface area contributed by atoms with Crippen LogP contribution in [0.2, 0.25) is 0 Å². The van der Waals surface area contributed by atoms with Gasteiger partial charge in [-0.25, -0.2) is 4.39 Å². The average molecular weight is 603 g/mol. The molecule has 3 aromatic carbocycles. The molecule has 9 heteroatoms. The minimum absolute atomic E-state index is 0.113. The van der Waals surface area contributed by atoms with Crippen LogP contribution in [-0.2, 0) is 11.3 Å². The SMILES string of the molecule is CC(C)c1c(C(=O)Nc2ccc(C(C)O)cc2)c(-c2ccccc2)c(-c2ccc(F)cc2)n1CC[C@@H](O)C[C@@H](O)CC(=O)O. The number of carbonyl (C=O) groups excluding carboxylic acids is 1. The van der Waals surface area contributed by atoms with Gasteiger partial charge in [0.2, 0.25) is 0 Å². The number of amides is 1. The summed E-state index contributed by atoms with van der Waals surface area (Å²) in [6.07, 6.45) is -3.26. The van der Waals surface area contributed by atoms with Gasteiger partial charge in [0.05, 0.1) is 36.0 Å². The van der Waals surface area contributed by atoms with E-state index in [1.807, 2.05) is 48.7 Å². The van der Waals surface area contributed by atoms with Gasteiger partial charge in [-0.3, -0.25) is 9.59 Å². The molecule has 1 heterocycles. The van der Waals surface area contributed by atoms with Gasteiger partial charge in [0.1, 0.15) is 5.82 Å². The number of aliphatic carboxylic acids is 1. The molecule has 1 amide bonds. The van der Waals surface area contributed by atoms with E-state index in [1.54, 1.807) is 43.3 Å². The van der Waals surface area contributed by atoms with Gasteiger partial charge in [0.25, 0.3) is 5.91 Å². The highest BCUT2D eigenvalue weighted by Crippen LogP contribution is 2.42. The summed E-state index contributed by atoms with van der Waals surface area (Å²) in [6, 6.07) is 22.4. The van der Waals surface area contributed by atoms with Crippen molar-refractivity contribution in [2.75, 3.05) is 5.32 Å². The van der Waals surface area contributed by atoms with Gasteiger partial charge >= 0.3 is 5.97 Å². The van der Waals surface area contributed by atoms with Gasteiger partial charge in [-0.1, -0.05) is 56.3 Å². The Kier molecular flexibility index (Phi) is 10.7. The predicted molar refractivity (Wildman–Crippen MR) is 168 cm³/mol. The van der Waals surface area contributed by atoms with Gasteiger partial charge in [-0.05, 0) is 78.8 Å². The van der Waals surface area contributed by atoms with Gasteiger partial charge in [0.15, 0.2) is 0 Å². The van der Waals surface area contributed by atoms with Gasteiger partial charge < -0.3 is 30.3 Å². The number of carboxylic acid groups (broad SMARTS) is 1. The molecule has 0 aliphatic rings. The highest BCUT2D eigenvalue weighted by molar-refractivity contribution is 6.12. The first-order valence-corrected chi connectivity index (χ1v) is 14.7. The molecule has 3 atom stereocenters. The van der Waals surface area contributed by atoms with E-state index in [0.29, 0.717) is 39.3 Å². The molecule has 0 saturated carbocycles. The molecule has 44 heavy (non-hydrogen) atoms. The van der Waals surface area contributed by atoms with E-state index in [1.165, 1.54) is 12.1 Å². The monoisotopic (exact) mass is 602 g/mol. The van der Waals surface area contributed by atoms with Crippen molar-refractivity contribution >= 4 is 17.6 Å². The first-order valence-electron chi connectivity index (χ1n) is 14.7. The zero-order valence-electron chi connectivity index (χ0n) is 25.1. The molecule has 1 aromatic heterocycles. The van der Waals surface area contributed by atoms with Gasteiger partial charge in [0, 0.05) is 23.5 Å². The minimum Gasteiger partial charge on any atom is -0.481 e. The van der Waals surface area contributed by atoms with Crippen LogP contribution in [0.25, 0.3) is 22.4 Å². The summed E-state index contributed by atoms with van der Waals surface area (Å²) >= 11 is 0. The molecule has 8 nitrogen and oxygen atoms in total. The Labute approximate surface area is 256 Å². The third kappa shape index (κ3) is 7.79. The minimum atomic E-state index is -1.20. The molecule has 1 unspecified atom stereocenters. The van der Waals surface area contributed by atoms with Crippen LogP contribution in [0.4, 0.5) is 10.1 Å². The Bertz CT molecular complexity index is 1560. The van der Waals surface area contributed by atoms with E-state index in [-0.39, 0.29) is 31.2 Å². The molecule has 5 N–H and O–H groups in total. The van der Waals surface area contributed by atoms with Crippen LogP contribution < -0.4 is 5.32 Å². The fourth-order valence-corrected chi connectivity index (χ4v) is 5.53. The maximum atomic E-state index is 14.2. The number of nitrogens with one attached hydrogen (secondary N) is 1. The molecule has 232 valence electrons. The van der Waals surface area contributed by atoms with Crippen molar-refractivity contribution < 1.29 is 34.4 Å². The van der Waals surface area contributed by atoms with E-state index in [4.69, 9.17) is 5.11 Å². The number of nitrogens with zero attached hydrogens (tertiary/aromatic N) is 1. The standard InChI is InChI=1S/C35H39FN2O6/c1-21(2)33-32(35(44)37-27-15-11-23(12-16-27)22(3)39)31(24-7-5-4-6-8-24)34(25-9-13-26(36)14-10-25)38(33)18-17-28(40)19-29(41)20-30(42)43/h4-16,21-22,28-29,39-41H,17-20H2,1-3H3,(H,37,44)(H,42,43)/t22?,28-,29-/m1/s1. The molecule has 0 bridgehead atoms. The van der Waals surface area contributed by atoms with Crippen molar-refractivity contribution in [1.29, 1.82) is 0 Å². The molecule has 0 saturated heterocycles. The van der Waals surface area contributed by atoms with E-state index in [0.717, 1.165) is 5.56 Å². The maximum absolute atomic E-state index is 14.2. The number of anilines is 1. The number of carbonyl (C=O) groups is 2. The van der Waals surface area contributed by atoms with Crippen LogP contribution >= 0.6 is 0 Å². The number of hydrogen-bond acceptors (Lipinski definition) is 5. The summed E-state index contributed by atoms with van der Waals surface area (Å²) in [6.45, 7) is 5.85. The summed E-state index contributed by atoms with van der Waals surface area (Å²) < 4.78 is 16.0. The van der Waals surface area contributed by atoms with Crippen LogP contribution in [0.15, 0.2) is 78.9 Å². The van der Waals surface area contributed by atoms with Crippen molar-refractivity contribution in [3.8, 4) is 22.4 Å². The highest BCUT2D eigenvalue weighted by atomic mass is 19.1. The van der Waals surface area contributed by atoms with Crippen molar-refractivity contribution in [2.45, 2.75) is 70.8 Å². The number of benzene rings is 3. The van der Waals surface area contributed by atoms with E-state index < -0.39 is 36.5 Å². The van der Waals surface area contributed by atoms with Gasteiger partial charge in [-0.2, -0.15) is 0 Å². The molecule has 0 aliphatic carbocycles. The number of halogens is 1. The molecular weight excluding hydrogens is 563 g/mol. The van der Waals surface area contributed by atoms with Crippen molar-refractivity contribution in [3.05, 3.63) is 102 Å². The molecule has 4 rings (SSSR count). The summed E-state index contributed by atoms with van der Waals surface area (Å²) in [5.74, 6) is -2.06. The molecular formula is C35H39FN2O6. The number of aromatic nitrogens is 1. The van der Waals surface area contributed by atoms with E-state index >= 15 is 0 Å². The molecule has 0 spiro atoms. The highest BCUT2D eigenvalue weighted by Gasteiger charge is 2.31. The summed E-state index contributed by atoms with van der Waals surface area (Å²) in [5, 5.41) is 42.8. The molecule has 0 fully saturated rings. The van der Waals surface area contributed by atoms with Crippen molar-refractivity contribution in [1.82, 2.24) is 4.57 Å². The number of hydrogen-bond donors (Lipinski definition) is 5. The van der Waals surface area contributed by atoms with Crippen LogP contribution in [0.1, 0.15) is 73.7 Å². The summed E-state index contributed by atoms with van der Waals surface area (Å²) in [5.41, 5.74) is 5.18. The quantitative estimate of drug-likeness (QED) is 0.121. The normalized spacial score (nSPS) is 13.5. The van der Waals surface area contributed by atoms with E-state index in [2.05, 4.69) is 5.32 Å². The maximum Gasteiger partial charge on any atom is 0.305 e. The Hall–Kier alpha value is -4.31. The molecule has 0 aliphatic heterocycles. The summed E-state index contributed by atoms with van der Waals surface area (Å²) in [7, 11) is 0. The van der Waals surface area contributed by atoms with E-state index in [9.17, 15) is 29.3 Å². The average Bonchev–Trinajstić information content (AvgIpc) is 3.32. The lowest BCUT2D eigenvalue weighted by Crippen LogP contribution is -2.22. The second kappa shape index (κ2) is 14.4. The fourth-order valence-electron chi connectivity index (χ4n) is 5.53. The number of carboxylic acids is 1. The fraction of sp³-hybridized carbons (Fsp3) is 0.314. The Morgan fingerprint density at radius 2 is 1.48 bits per heavy atom. The predicted octanol–water partition coefficient (Wildman–Crippen LogP) is 6.37. The Morgan fingerprint density at radius 3 is 2.05 bits per heavy atom.